The zero-order valence-corrected chi connectivity index (χ0v) is 14.2. The summed E-state index contributed by atoms with van der Waals surface area (Å²) in [6.45, 7) is 0. The number of carbonyl (C=O) groups is 1. The fourth-order valence-corrected chi connectivity index (χ4v) is 2.83. The average molecular weight is 374 g/mol. The van der Waals surface area contributed by atoms with Gasteiger partial charge in [-0.25, -0.2) is 4.98 Å². The van der Waals surface area contributed by atoms with Gasteiger partial charge in [0, 0.05) is 12.1 Å². The van der Waals surface area contributed by atoms with Crippen LogP contribution < -0.4 is 4.74 Å². The number of nitro groups is 1. The molecule has 25 heavy (non-hydrogen) atoms. The van der Waals surface area contributed by atoms with Crippen molar-refractivity contribution in [2.75, 3.05) is 5.75 Å². The van der Waals surface area contributed by atoms with Gasteiger partial charge in [0.1, 0.15) is 11.9 Å². The molecule has 1 aliphatic rings. The van der Waals surface area contributed by atoms with Crippen LogP contribution in [0.25, 0.3) is 0 Å². The van der Waals surface area contributed by atoms with Gasteiger partial charge in [-0.05, 0) is 29.8 Å². The van der Waals surface area contributed by atoms with Crippen molar-refractivity contribution in [1.82, 2.24) is 9.99 Å². The summed E-state index contributed by atoms with van der Waals surface area (Å²) in [4.78, 5) is 25.5. The number of pyridine rings is 1. The molecule has 1 saturated heterocycles. The molecule has 2 aromatic rings. The first-order chi connectivity index (χ1) is 12.0. The third kappa shape index (κ3) is 4.17. The molecule has 3 rings (SSSR count). The van der Waals surface area contributed by atoms with Crippen LogP contribution in [0.4, 0.5) is 5.69 Å². The second-order valence-electron chi connectivity index (χ2n) is 4.79. The number of carbonyl (C=O) groups excluding carboxylic acids is 1. The van der Waals surface area contributed by atoms with Crippen LogP contribution in [0.2, 0.25) is 0 Å². The van der Waals surface area contributed by atoms with E-state index in [0.717, 1.165) is 11.8 Å². The minimum absolute atomic E-state index is 0.105. The van der Waals surface area contributed by atoms with Crippen molar-refractivity contribution in [3.05, 3.63) is 58.3 Å². The van der Waals surface area contributed by atoms with Crippen molar-refractivity contribution >= 4 is 46.1 Å². The second-order valence-corrected chi connectivity index (χ2v) is 6.40. The molecule has 0 atom stereocenters. The number of thioether (sulfide) groups is 1. The Morgan fingerprint density at radius 2 is 2.08 bits per heavy atom. The molecular formula is C15H10N4O4S2. The summed E-state index contributed by atoms with van der Waals surface area (Å²) in [6.07, 6.45) is 2.66. The Morgan fingerprint density at radius 1 is 1.32 bits per heavy atom. The van der Waals surface area contributed by atoms with E-state index in [1.165, 1.54) is 35.1 Å². The number of hydrogen-bond donors (Lipinski definition) is 0. The molecule has 2 heterocycles. The number of amides is 1. The second kappa shape index (κ2) is 7.36. The van der Waals surface area contributed by atoms with Crippen LogP contribution in [0, 0.1) is 10.1 Å². The Hall–Kier alpha value is -2.85. The Morgan fingerprint density at radius 3 is 2.64 bits per heavy atom. The molecule has 8 nitrogen and oxygen atoms in total. The van der Waals surface area contributed by atoms with Gasteiger partial charge in [0.25, 0.3) is 11.6 Å². The normalized spacial score (nSPS) is 14.3. The average Bonchev–Trinajstić information content (AvgIpc) is 2.93. The van der Waals surface area contributed by atoms with E-state index < -0.39 is 4.92 Å². The van der Waals surface area contributed by atoms with Gasteiger partial charge in [0.15, 0.2) is 4.32 Å². The van der Waals surface area contributed by atoms with Gasteiger partial charge in [0.05, 0.1) is 16.9 Å². The molecule has 10 heteroatoms. The third-order valence-electron chi connectivity index (χ3n) is 3.08. The van der Waals surface area contributed by atoms with Crippen LogP contribution in [-0.2, 0) is 4.79 Å². The fraction of sp³-hybridized carbons (Fsp3) is 0.0667. The lowest BCUT2D eigenvalue weighted by Gasteiger charge is -2.07. The van der Waals surface area contributed by atoms with Gasteiger partial charge in [-0.2, -0.15) is 10.1 Å². The highest BCUT2D eigenvalue weighted by Gasteiger charge is 2.25. The van der Waals surface area contributed by atoms with E-state index in [1.807, 2.05) is 0 Å². The molecule has 1 aliphatic heterocycles. The predicted molar refractivity (Wildman–Crippen MR) is 96.9 cm³/mol. The van der Waals surface area contributed by atoms with E-state index in [1.54, 1.807) is 24.3 Å². The monoisotopic (exact) mass is 374 g/mol. The van der Waals surface area contributed by atoms with Crippen molar-refractivity contribution in [2.24, 2.45) is 5.10 Å². The summed E-state index contributed by atoms with van der Waals surface area (Å²) in [7, 11) is 0. The Kier molecular flexibility index (Phi) is 5.00. The number of rotatable bonds is 5. The van der Waals surface area contributed by atoms with Crippen LogP contribution in [0.1, 0.15) is 5.56 Å². The van der Waals surface area contributed by atoms with Crippen molar-refractivity contribution in [2.45, 2.75) is 0 Å². The Balaban J connectivity index is 1.65. The summed E-state index contributed by atoms with van der Waals surface area (Å²) >= 11 is 6.32. The van der Waals surface area contributed by atoms with Crippen molar-refractivity contribution in [3.63, 3.8) is 0 Å². The Labute approximate surface area is 151 Å². The van der Waals surface area contributed by atoms with Crippen molar-refractivity contribution in [1.29, 1.82) is 0 Å². The highest BCUT2D eigenvalue weighted by molar-refractivity contribution is 8.23. The van der Waals surface area contributed by atoms with E-state index in [9.17, 15) is 14.9 Å². The molecule has 0 bridgehead atoms. The molecule has 1 fully saturated rings. The summed E-state index contributed by atoms with van der Waals surface area (Å²) in [6, 6.07) is 9.64. The number of benzene rings is 1. The van der Waals surface area contributed by atoms with Gasteiger partial charge in [-0.15, -0.1) is 0 Å². The van der Waals surface area contributed by atoms with Crippen LogP contribution in [0.5, 0.6) is 11.6 Å². The zero-order chi connectivity index (χ0) is 17.8. The van der Waals surface area contributed by atoms with E-state index in [2.05, 4.69) is 10.1 Å². The molecule has 0 aliphatic carbocycles. The van der Waals surface area contributed by atoms with Crippen molar-refractivity contribution in [3.8, 4) is 11.6 Å². The maximum atomic E-state index is 11.6. The summed E-state index contributed by atoms with van der Waals surface area (Å²) < 4.78 is 5.95. The molecule has 0 radical (unpaired) electrons. The summed E-state index contributed by atoms with van der Waals surface area (Å²) in [5, 5.41) is 15.9. The smallest absolute Gasteiger partial charge is 0.287 e. The van der Waals surface area contributed by atoms with Gasteiger partial charge in [-0.3, -0.25) is 14.9 Å². The highest BCUT2D eigenvalue weighted by atomic mass is 32.2. The first kappa shape index (κ1) is 17.0. The standard InChI is InChI=1S/C15H10N4O4S2/c20-14-9-25-15(24)18(14)17-7-10-1-4-12(5-2-10)23-13-6-3-11(8-16-13)19(21)22/h1-8H,9H2/b17-7-. The predicted octanol–water partition coefficient (Wildman–Crippen LogP) is 2.98. The number of aromatic nitrogens is 1. The molecule has 1 aromatic heterocycles. The van der Waals surface area contributed by atoms with Crippen LogP contribution >= 0.6 is 24.0 Å². The summed E-state index contributed by atoms with van der Waals surface area (Å²) in [5.74, 6) is 0.930. The molecule has 0 saturated carbocycles. The van der Waals surface area contributed by atoms with E-state index in [4.69, 9.17) is 17.0 Å². The number of hydrogen-bond acceptors (Lipinski definition) is 8. The maximum Gasteiger partial charge on any atom is 0.287 e. The number of ether oxygens (including phenoxy) is 1. The molecular weight excluding hydrogens is 364 g/mol. The number of nitrogens with zero attached hydrogens (tertiary/aromatic N) is 4. The lowest BCUT2D eigenvalue weighted by Crippen LogP contribution is -2.22. The first-order valence-electron chi connectivity index (χ1n) is 6.95. The van der Waals surface area contributed by atoms with E-state index in [0.29, 0.717) is 15.8 Å². The zero-order valence-electron chi connectivity index (χ0n) is 12.6. The molecule has 1 aromatic carbocycles. The number of thiocarbonyl (C=S) groups is 1. The third-order valence-corrected chi connectivity index (χ3v) is 4.42. The molecule has 0 N–H and O–H groups in total. The van der Waals surface area contributed by atoms with Gasteiger partial charge in [-0.1, -0.05) is 24.0 Å². The lowest BCUT2D eigenvalue weighted by molar-refractivity contribution is -0.385. The van der Waals surface area contributed by atoms with Crippen LogP contribution in [-0.4, -0.2) is 37.1 Å². The molecule has 0 spiro atoms. The molecule has 1 amide bonds. The van der Waals surface area contributed by atoms with Crippen LogP contribution in [0.15, 0.2) is 47.7 Å². The van der Waals surface area contributed by atoms with Crippen molar-refractivity contribution < 1.29 is 14.5 Å². The molecule has 0 unspecified atom stereocenters. The lowest BCUT2D eigenvalue weighted by atomic mass is 10.2. The first-order valence-corrected chi connectivity index (χ1v) is 8.34. The largest absolute Gasteiger partial charge is 0.439 e. The van der Waals surface area contributed by atoms with Gasteiger partial charge >= 0.3 is 0 Å². The minimum atomic E-state index is -0.528. The van der Waals surface area contributed by atoms with E-state index in [-0.39, 0.29) is 17.5 Å². The quantitative estimate of drug-likeness (QED) is 0.343. The Bertz CT molecular complexity index is 837. The fourth-order valence-electron chi connectivity index (χ4n) is 1.87. The topological polar surface area (TPSA) is 97.9 Å². The number of hydrazone groups is 1. The molecule has 126 valence electrons. The van der Waals surface area contributed by atoms with E-state index >= 15 is 0 Å². The van der Waals surface area contributed by atoms with Gasteiger partial charge in [0.2, 0.25) is 5.88 Å². The minimum Gasteiger partial charge on any atom is -0.439 e. The summed E-state index contributed by atoms with van der Waals surface area (Å²) in [5.41, 5.74) is 0.656. The SMILES string of the molecule is O=C1CSC(=S)N1/N=C\c1ccc(Oc2ccc([N+](=O)[O-])cn2)cc1. The maximum absolute atomic E-state index is 11.6. The highest BCUT2D eigenvalue weighted by Crippen LogP contribution is 2.22. The van der Waals surface area contributed by atoms with Gasteiger partial charge < -0.3 is 4.74 Å². The van der Waals surface area contributed by atoms with Crippen LogP contribution in [0.3, 0.4) is 0 Å².